The summed E-state index contributed by atoms with van der Waals surface area (Å²) in [5.41, 5.74) is 6.97. The first-order valence-electron chi connectivity index (χ1n) is 6.75. The Labute approximate surface area is 115 Å². The van der Waals surface area contributed by atoms with E-state index in [4.69, 9.17) is 5.73 Å². The molecule has 0 spiro atoms. The van der Waals surface area contributed by atoms with E-state index in [1.807, 2.05) is 6.07 Å². The van der Waals surface area contributed by atoms with Crippen LogP contribution in [0, 0.1) is 17.7 Å². The first-order chi connectivity index (χ1) is 9.06. The monoisotopic (exact) mass is 262 g/mol. The summed E-state index contributed by atoms with van der Waals surface area (Å²) in [4.78, 5) is 2.23. The molecule has 2 nitrogen and oxygen atoms in total. The Kier molecular flexibility index (Phi) is 6.55. The van der Waals surface area contributed by atoms with Crippen LogP contribution in [0.4, 0.5) is 4.39 Å². The summed E-state index contributed by atoms with van der Waals surface area (Å²) in [6.45, 7) is 5.39. The molecule has 1 unspecified atom stereocenters. The molecule has 104 valence electrons. The van der Waals surface area contributed by atoms with E-state index in [1.165, 1.54) is 6.07 Å². The van der Waals surface area contributed by atoms with Gasteiger partial charge in [0.2, 0.25) is 0 Å². The van der Waals surface area contributed by atoms with Crippen LogP contribution in [0.25, 0.3) is 0 Å². The molecule has 3 heteroatoms. The number of halogens is 1. The Balaban J connectivity index is 2.80. The molecule has 0 heterocycles. The zero-order valence-electron chi connectivity index (χ0n) is 12.0. The lowest BCUT2D eigenvalue weighted by atomic mass is 10.1. The highest BCUT2D eigenvalue weighted by atomic mass is 19.1. The second-order valence-electron chi connectivity index (χ2n) is 4.91. The van der Waals surface area contributed by atoms with Crippen molar-refractivity contribution in [3.8, 4) is 11.8 Å². The van der Waals surface area contributed by atoms with Crippen molar-refractivity contribution in [2.24, 2.45) is 5.73 Å². The number of nitrogens with two attached hydrogens (primary N) is 1. The van der Waals surface area contributed by atoms with Crippen LogP contribution in [0.5, 0.6) is 0 Å². The van der Waals surface area contributed by atoms with Gasteiger partial charge in [-0.2, -0.15) is 0 Å². The Morgan fingerprint density at radius 2 is 2.11 bits per heavy atom. The van der Waals surface area contributed by atoms with Gasteiger partial charge in [0.05, 0.1) is 6.54 Å². The number of rotatable bonds is 5. The highest BCUT2D eigenvalue weighted by Gasteiger charge is 2.09. The lowest BCUT2D eigenvalue weighted by molar-refractivity contribution is 0.236. The quantitative estimate of drug-likeness (QED) is 0.827. The van der Waals surface area contributed by atoms with E-state index in [1.54, 1.807) is 6.07 Å². The van der Waals surface area contributed by atoms with Gasteiger partial charge in [0.15, 0.2) is 0 Å². The Morgan fingerprint density at radius 3 is 2.74 bits per heavy atom. The van der Waals surface area contributed by atoms with Gasteiger partial charge in [0, 0.05) is 18.2 Å². The fourth-order valence-electron chi connectivity index (χ4n) is 2.05. The van der Waals surface area contributed by atoms with Gasteiger partial charge < -0.3 is 5.73 Å². The number of nitrogens with zero attached hydrogens (tertiary/aromatic N) is 1. The molecule has 0 aliphatic rings. The molecule has 0 fully saturated rings. The second kappa shape index (κ2) is 7.93. The second-order valence-corrected chi connectivity index (χ2v) is 4.91. The Morgan fingerprint density at radius 1 is 1.37 bits per heavy atom. The van der Waals surface area contributed by atoms with Gasteiger partial charge in [-0.05, 0) is 44.2 Å². The van der Waals surface area contributed by atoms with Crippen LogP contribution >= 0.6 is 0 Å². The van der Waals surface area contributed by atoms with Crippen LogP contribution in [0.3, 0.4) is 0 Å². The lowest BCUT2D eigenvalue weighted by Crippen LogP contribution is -2.28. The molecule has 0 bridgehead atoms. The van der Waals surface area contributed by atoms with Crippen LogP contribution in [0.1, 0.15) is 37.8 Å². The minimum Gasteiger partial charge on any atom is -0.320 e. The molecule has 0 aliphatic carbocycles. The third kappa shape index (κ3) is 5.42. The minimum absolute atomic E-state index is 0.240. The SMILES string of the molecule is CCCC(C)N(C)Cc1cc(F)cc(C#CCN)c1. The van der Waals surface area contributed by atoms with E-state index in [2.05, 4.69) is 37.6 Å². The standard InChI is InChI=1S/C16H23FN2/c1-4-6-13(2)19(3)12-15-9-14(7-5-8-18)10-16(17)11-15/h9-11,13H,4,6,8,12,18H2,1-3H3. The maximum absolute atomic E-state index is 13.5. The van der Waals surface area contributed by atoms with Crippen molar-refractivity contribution in [3.63, 3.8) is 0 Å². The molecular weight excluding hydrogens is 239 g/mol. The highest BCUT2D eigenvalue weighted by molar-refractivity contribution is 5.38. The van der Waals surface area contributed by atoms with E-state index < -0.39 is 0 Å². The van der Waals surface area contributed by atoms with E-state index in [-0.39, 0.29) is 5.82 Å². The number of hydrogen-bond donors (Lipinski definition) is 1. The van der Waals surface area contributed by atoms with Crippen molar-refractivity contribution in [1.82, 2.24) is 4.90 Å². The predicted molar refractivity (Wildman–Crippen MR) is 78.2 cm³/mol. The summed E-state index contributed by atoms with van der Waals surface area (Å²) in [6, 6.07) is 5.44. The highest BCUT2D eigenvalue weighted by Crippen LogP contribution is 2.13. The van der Waals surface area contributed by atoms with Crippen LogP contribution < -0.4 is 5.73 Å². The van der Waals surface area contributed by atoms with Gasteiger partial charge in [-0.25, -0.2) is 4.39 Å². The third-order valence-corrected chi connectivity index (χ3v) is 3.18. The summed E-state index contributed by atoms with van der Waals surface area (Å²) in [7, 11) is 2.07. The summed E-state index contributed by atoms with van der Waals surface area (Å²) in [6.07, 6.45) is 2.30. The van der Waals surface area contributed by atoms with Crippen molar-refractivity contribution >= 4 is 0 Å². The third-order valence-electron chi connectivity index (χ3n) is 3.18. The minimum atomic E-state index is -0.240. The molecule has 0 saturated heterocycles. The van der Waals surface area contributed by atoms with Gasteiger partial charge >= 0.3 is 0 Å². The fourth-order valence-corrected chi connectivity index (χ4v) is 2.05. The zero-order chi connectivity index (χ0) is 14.3. The number of benzene rings is 1. The lowest BCUT2D eigenvalue weighted by Gasteiger charge is -2.24. The summed E-state index contributed by atoms with van der Waals surface area (Å²) < 4.78 is 13.5. The van der Waals surface area contributed by atoms with E-state index >= 15 is 0 Å². The molecule has 1 aromatic rings. The van der Waals surface area contributed by atoms with Crippen LogP contribution in [0.15, 0.2) is 18.2 Å². The van der Waals surface area contributed by atoms with Gasteiger partial charge in [0.25, 0.3) is 0 Å². The molecule has 0 saturated carbocycles. The van der Waals surface area contributed by atoms with Crippen LogP contribution in [0.2, 0.25) is 0 Å². The Hall–Kier alpha value is -1.37. The zero-order valence-corrected chi connectivity index (χ0v) is 12.0. The molecule has 1 atom stereocenters. The molecule has 1 rings (SSSR count). The Bertz CT molecular complexity index is 460. The first-order valence-corrected chi connectivity index (χ1v) is 6.75. The summed E-state index contributed by atoms with van der Waals surface area (Å²) in [5, 5.41) is 0. The topological polar surface area (TPSA) is 29.3 Å². The molecule has 1 aromatic carbocycles. The smallest absolute Gasteiger partial charge is 0.124 e. The van der Waals surface area contributed by atoms with Gasteiger partial charge in [-0.15, -0.1) is 0 Å². The normalized spacial score (nSPS) is 12.1. The molecular formula is C16H23FN2. The van der Waals surface area contributed by atoms with Crippen molar-refractivity contribution in [1.29, 1.82) is 0 Å². The van der Waals surface area contributed by atoms with Crippen LogP contribution in [-0.2, 0) is 6.54 Å². The van der Waals surface area contributed by atoms with Gasteiger partial charge in [-0.3, -0.25) is 4.90 Å². The average Bonchev–Trinajstić information content (AvgIpc) is 2.36. The summed E-state index contributed by atoms with van der Waals surface area (Å²) in [5.74, 6) is 5.39. The summed E-state index contributed by atoms with van der Waals surface area (Å²) >= 11 is 0. The van der Waals surface area contributed by atoms with Gasteiger partial charge in [0.1, 0.15) is 5.82 Å². The number of hydrogen-bond acceptors (Lipinski definition) is 2. The van der Waals surface area contributed by atoms with E-state index in [9.17, 15) is 4.39 Å². The maximum Gasteiger partial charge on any atom is 0.124 e. The molecule has 0 radical (unpaired) electrons. The fraction of sp³-hybridized carbons (Fsp3) is 0.500. The van der Waals surface area contributed by atoms with Crippen molar-refractivity contribution in [2.45, 2.75) is 39.3 Å². The predicted octanol–water partition coefficient (Wildman–Crippen LogP) is 2.76. The van der Waals surface area contributed by atoms with Crippen molar-refractivity contribution in [2.75, 3.05) is 13.6 Å². The van der Waals surface area contributed by atoms with E-state index in [0.29, 0.717) is 18.2 Å². The maximum atomic E-state index is 13.5. The largest absolute Gasteiger partial charge is 0.320 e. The molecule has 19 heavy (non-hydrogen) atoms. The average molecular weight is 262 g/mol. The van der Waals surface area contributed by atoms with Gasteiger partial charge in [-0.1, -0.05) is 25.2 Å². The first kappa shape index (κ1) is 15.7. The molecule has 0 aliphatic heterocycles. The van der Waals surface area contributed by atoms with Crippen molar-refractivity contribution in [3.05, 3.63) is 35.1 Å². The van der Waals surface area contributed by atoms with Crippen LogP contribution in [-0.4, -0.2) is 24.5 Å². The molecule has 0 amide bonds. The van der Waals surface area contributed by atoms with Crippen molar-refractivity contribution < 1.29 is 4.39 Å². The molecule has 0 aromatic heterocycles. The molecule has 2 N–H and O–H groups in total. The van der Waals surface area contributed by atoms with E-state index in [0.717, 1.165) is 24.9 Å².